The third-order valence-corrected chi connectivity index (χ3v) is 3.48. The van der Waals surface area contributed by atoms with Gasteiger partial charge in [0.05, 0.1) is 5.56 Å². The zero-order valence-corrected chi connectivity index (χ0v) is 13.6. The smallest absolute Gasteiger partial charge is 0.416 e. The van der Waals surface area contributed by atoms with E-state index in [0.717, 1.165) is 16.6 Å². The van der Waals surface area contributed by atoms with Gasteiger partial charge in [0.25, 0.3) is 5.91 Å². The van der Waals surface area contributed by atoms with Gasteiger partial charge in [0, 0.05) is 10.2 Å². The fourth-order valence-corrected chi connectivity index (χ4v) is 2.05. The molecule has 23 heavy (non-hydrogen) atoms. The molecular weight excluding hydrogens is 375 g/mol. The number of halogens is 4. The molecule has 122 valence electrons. The third kappa shape index (κ3) is 4.99. The van der Waals surface area contributed by atoms with E-state index >= 15 is 0 Å². The zero-order chi connectivity index (χ0) is 17.0. The first-order chi connectivity index (χ1) is 10.8. The van der Waals surface area contributed by atoms with Crippen LogP contribution in [0.4, 0.5) is 18.9 Å². The summed E-state index contributed by atoms with van der Waals surface area (Å²) in [5.41, 5.74) is -0.757. The molecule has 0 spiro atoms. The van der Waals surface area contributed by atoms with Gasteiger partial charge in [-0.3, -0.25) is 4.79 Å². The second kappa shape index (κ2) is 7.04. The Labute approximate surface area is 139 Å². The third-order valence-electron chi connectivity index (χ3n) is 2.95. The Morgan fingerprint density at radius 2 is 1.83 bits per heavy atom. The molecule has 1 N–H and O–H groups in total. The van der Waals surface area contributed by atoms with E-state index < -0.39 is 23.8 Å². The Hall–Kier alpha value is -2.02. The van der Waals surface area contributed by atoms with Gasteiger partial charge in [0.1, 0.15) is 5.75 Å². The summed E-state index contributed by atoms with van der Waals surface area (Å²) in [6.45, 7) is 1.52. The van der Waals surface area contributed by atoms with E-state index in [1.807, 2.05) is 0 Å². The molecule has 0 saturated heterocycles. The molecule has 0 saturated carbocycles. The summed E-state index contributed by atoms with van der Waals surface area (Å²) < 4.78 is 44.2. The van der Waals surface area contributed by atoms with Gasteiger partial charge >= 0.3 is 6.18 Å². The van der Waals surface area contributed by atoms with Gasteiger partial charge in [-0.05, 0) is 49.4 Å². The summed E-state index contributed by atoms with van der Waals surface area (Å²) in [7, 11) is 0. The number of alkyl halides is 3. The first-order valence-electron chi connectivity index (χ1n) is 6.66. The van der Waals surface area contributed by atoms with Crippen molar-refractivity contribution in [3.05, 3.63) is 58.6 Å². The molecular formula is C16H13BrF3NO2. The summed E-state index contributed by atoms with van der Waals surface area (Å²) in [5.74, 6) is -0.0489. The first kappa shape index (κ1) is 17.3. The van der Waals surface area contributed by atoms with E-state index in [-0.39, 0.29) is 5.69 Å². The van der Waals surface area contributed by atoms with Crippen LogP contribution in [0.3, 0.4) is 0 Å². The van der Waals surface area contributed by atoms with Crippen molar-refractivity contribution in [1.82, 2.24) is 0 Å². The van der Waals surface area contributed by atoms with Gasteiger partial charge in [0.2, 0.25) is 0 Å². The van der Waals surface area contributed by atoms with Crippen molar-refractivity contribution in [3.8, 4) is 5.75 Å². The number of anilines is 1. The number of nitrogens with one attached hydrogen (secondary N) is 1. The molecule has 2 aromatic carbocycles. The topological polar surface area (TPSA) is 38.3 Å². The van der Waals surface area contributed by atoms with Crippen LogP contribution in [0.25, 0.3) is 0 Å². The molecule has 0 unspecified atom stereocenters. The predicted molar refractivity (Wildman–Crippen MR) is 84.3 cm³/mol. The maximum Gasteiger partial charge on any atom is 0.416 e. The van der Waals surface area contributed by atoms with Crippen LogP contribution >= 0.6 is 15.9 Å². The average molecular weight is 388 g/mol. The molecule has 0 aromatic heterocycles. The molecule has 0 heterocycles. The molecule has 0 aliphatic carbocycles. The summed E-state index contributed by atoms with van der Waals surface area (Å²) in [6, 6.07) is 11.3. The summed E-state index contributed by atoms with van der Waals surface area (Å²) in [5, 5.41) is 2.41. The van der Waals surface area contributed by atoms with Crippen LogP contribution in [-0.2, 0) is 11.0 Å². The van der Waals surface area contributed by atoms with E-state index in [9.17, 15) is 18.0 Å². The Bertz CT molecular complexity index is 686. The van der Waals surface area contributed by atoms with E-state index in [1.54, 1.807) is 24.3 Å². The van der Waals surface area contributed by atoms with E-state index in [2.05, 4.69) is 21.2 Å². The zero-order valence-electron chi connectivity index (χ0n) is 12.0. The van der Waals surface area contributed by atoms with Crippen molar-refractivity contribution in [2.45, 2.75) is 19.2 Å². The molecule has 0 aliphatic heterocycles. The van der Waals surface area contributed by atoms with Crippen molar-refractivity contribution in [2.24, 2.45) is 0 Å². The van der Waals surface area contributed by atoms with Crippen LogP contribution in [-0.4, -0.2) is 12.0 Å². The molecule has 0 aliphatic rings. The monoisotopic (exact) mass is 387 g/mol. The molecule has 2 rings (SSSR count). The second-order valence-corrected chi connectivity index (χ2v) is 5.70. The number of benzene rings is 2. The van der Waals surface area contributed by atoms with Crippen LogP contribution in [0.1, 0.15) is 12.5 Å². The maximum absolute atomic E-state index is 12.6. The molecule has 0 fully saturated rings. The Morgan fingerprint density at radius 3 is 2.43 bits per heavy atom. The lowest BCUT2D eigenvalue weighted by molar-refractivity contribution is -0.137. The minimum Gasteiger partial charge on any atom is -0.481 e. The number of hydrogen-bond acceptors (Lipinski definition) is 2. The van der Waals surface area contributed by atoms with Crippen molar-refractivity contribution in [3.63, 3.8) is 0 Å². The number of carbonyl (C=O) groups excluding carboxylic acids is 1. The van der Waals surface area contributed by atoms with Gasteiger partial charge in [0.15, 0.2) is 6.10 Å². The predicted octanol–water partition coefficient (Wildman–Crippen LogP) is 4.87. The quantitative estimate of drug-likeness (QED) is 0.812. The van der Waals surface area contributed by atoms with E-state index in [0.29, 0.717) is 5.75 Å². The Morgan fingerprint density at radius 1 is 1.17 bits per heavy atom. The summed E-state index contributed by atoms with van der Waals surface area (Å²) >= 11 is 3.28. The first-order valence-corrected chi connectivity index (χ1v) is 7.45. The minimum atomic E-state index is -4.46. The highest BCUT2D eigenvalue weighted by atomic mass is 79.9. The molecule has 1 atom stereocenters. The molecule has 1 amide bonds. The highest BCUT2D eigenvalue weighted by molar-refractivity contribution is 9.10. The average Bonchev–Trinajstić information content (AvgIpc) is 2.49. The largest absolute Gasteiger partial charge is 0.481 e. The minimum absolute atomic E-state index is 0.0658. The van der Waals surface area contributed by atoms with Crippen LogP contribution in [0, 0.1) is 0 Å². The number of hydrogen-bond donors (Lipinski definition) is 1. The van der Waals surface area contributed by atoms with Gasteiger partial charge in [-0.15, -0.1) is 0 Å². The molecule has 7 heteroatoms. The molecule has 0 radical (unpaired) electrons. The van der Waals surface area contributed by atoms with Crippen molar-refractivity contribution in [1.29, 1.82) is 0 Å². The van der Waals surface area contributed by atoms with Crippen molar-refractivity contribution >= 4 is 27.5 Å². The molecule has 2 aromatic rings. The fourth-order valence-electron chi connectivity index (χ4n) is 1.79. The maximum atomic E-state index is 12.6. The number of carbonyl (C=O) groups is 1. The van der Waals surface area contributed by atoms with Gasteiger partial charge in [-0.2, -0.15) is 13.2 Å². The van der Waals surface area contributed by atoms with Crippen LogP contribution in [0.5, 0.6) is 5.75 Å². The molecule has 0 bridgehead atoms. The lowest BCUT2D eigenvalue weighted by Gasteiger charge is -2.15. The van der Waals surface area contributed by atoms with Gasteiger partial charge in [-0.25, -0.2) is 0 Å². The summed E-state index contributed by atoms with van der Waals surface area (Å²) in [4.78, 5) is 12.0. The Balaban J connectivity index is 2.02. The SMILES string of the molecule is C[C@H](Oc1ccc(Br)cc1)C(=O)Nc1cccc(C(F)(F)F)c1. The van der Waals surface area contributed by atoms with Crippen molar-refractivity contribution < 1.29 is 22.7 Å². The van der Waals surface area contributed by atoms with E-state index in [1.165, 1.54) is 19.1 Å². The number of rotatable bonds is 4. The molecule has 3 nitrogen and oxygen atoms in total. The fraction of sp³-hybridized carbons (Fsp3) is 0.188. The van der Waals surface area contributed by atoms with Crippen LogP contribution < -0.4 is 10.1 Å². The van der Waals surface area contributed by atoms with Gasteiger partial charge in [-0.1, -0.05) is 22.0 Å². The standard InChI is InChI=1S/C16H13BrF3NO2/c1-10(23-14-7-5-12(17)6-8-14)15(22)21-13-4-2-3-11(9-13)16(18,19)20/h2-10H,1H3,(H,21,22)/t10-/m0/s1. The number of ether oxygens (including phenoxy) is 1. The van der Waals surface area contributed by atoms with Gasteiger partial charge < -0.3 is 10.1 Å². The summed E-state index contributed by atoms with van der Waals surface area (Å²) in [6.07, 6.45) is -5.31. The van der Waals surface area contributed by atoms with E-state index in [4.69, 9.17) is 4.74 Å². The van der Waals surface area contributed by atoms with Crippen molar-refractivity contribution in [2.75, 3.05) is 5.32 Å². The van der Waals surface area contributed by atoms with Crippen LogP contribution in [0.15, 0.2) is 53.0 Å². The lowest BCUT2D eigenvalue weighted by atomic mass is 10.2. The van der Waals surface area contributed by atoms with Crippen LogP contribution in [0.2, 0.25) is 0 Å². The lowest BCUT2D eigenvalue weighted by Crippen LogP contribution is -2.30. The Kier molecular flexibility index (Phi) is 5.30. The highest BCUT2D eigenvalue weighted by Crippen LogP contribution is 2.30. The number of amides is 1. The second-order valence-electron chi connectivity index (χ2n) is 4.78. The highest BCUT2D eigenvalue weighted by Gasteiger charge is 2.30. The normalized spacial score (nSPS) is 12.6.